The molecule has 0 heterocycles. The van der Waals surface area contributed by atoms with Crippen molar-refractivity contribution in [1.82, 2.24) is 4.90 Å². The van der Waals surface area contributed by atoms with Gasteiger partial charge in [-0.15, -0.1) is 0 Å². The van der Waals surface area contributed by atoms with Gasteiger partial charge in [0.2, 0.25) is 0 Å². The second kappa shape index (κ2) is 6.97. The fourth-order valence-electron chi connectivity index (χ4n) is 2.34. The van der Waals surface area contributed by atoms with Crippen molar-refractivity contribution in [2.24, 2.45) is 0 Å². The number of rotatable bonds is 6. The predicted octanol–water partition coefficient (Wildman–Crippen LogP) is 4.25. The van der Waals surface area contributed by atoms with Crippen molar-refractivity contribution in [2.75, 3.05) is 20.2 Å². The summed E-state index contributed by atoms with van der Waals surface area (Å²) in [4.78, 5) is 2.13. The molecule has 0 fully saturated rings. The highest BCUT2D eigenvalue weighted by Crippen LogP contribution is 2.38. The first-order chi connectivity index (χ1) is 9.33. The van der Waals surface area contributed by atoms with Crippen LogP contribution in [0.1, 0.15) is 37.0 Å². The van der Waals surface area contributed by atoms with Gasteiger partial charge in [-0.3, -0.25) is 4.90 Å². The summed E-state index contributed by atoms with van der Waals surface area (Å²) >= 11 is 0. The second-order valence-corrected chi connectivity index (χ2v) is 4.86. The second-order valence-electron chi connectivity index (χ2n) is 4.86. The Kier molecular flexibility index (Phi) is 5.87. The van der Waals surface area contributed by atoms with Crippen LogP contribution in [0.25, 0.3) is 0 Å². The number of ether oxygens (including phenoxy) is 1. The van der Waals surface area contributed by atoms with E-state index in [4.69, 9.17) is 4.74 Å². The zero-order valence-electron chi connectivity index (χ0n) is 12.5. The van der Waals surface area contributed by atoms with Crippen LogP contribution >= 0.6 is 0 Å². The van der Waals surface area contributed by atoms with Crippen molar-refractivity contribution < 1.29 is 17.9 Å². The Morgan fingerprint density at radius 3 is 2.30 bits per heavy atom. The third-order valence-corrected chi connectivity index (χ3v) is 3.24. The lowest BCUT2D eigenvalue weighted by Crippen LogP contribution is -2.24. The molecule has 0 saturated carbocycles. The lowest BCUT2D eigenvalue weighted by molar-refractivity contribution is -0.138. The normalized spacial score (nSPS) is 12.0. The average molecular weight is 289 g/mol. The first-order valence-corrected chi connectivity index (χ1v) is 6.80. The van der Waals surface area contributed by atoms with E-state index >= 15 is 0 Å². The minimum atomic E-state index is -4.39. The molecular formula is C15H22F3NO. The number of hydrogen-bond acceptors (Lipinski definition) is 2. The molecule has 114 valence electrons. The van der Waals surface area contributed by atoms with Crippen LogP contribution in [0, 0.1) is 6.92 Å². The number of alkyl halides is 3. The van der Waals surface area contributed by atoms with E-state index in [1.807, 2.05) is 6.92 Å². The summed E-state index contributed by atoms with van der Waals surface area (Å²) in [6, 6.07) is 2.97. The molecule has 0 amide bonds. The number of nitrogens with zero attached hydrogens (tertiary/aromatic N) is 1. The van der Waals surface area contributed by atoms with Gasteiger partial charge in [-0.25, -0.2) is 0 Å². The van der Waals surface area contributed by atoms with E-state index in [0.717, 1.165) is 19.5 Å². The summed E-state index contributed by atoms with van der Waals surface area (Å²) in [5.41, 5.74) is 0.498. The van der Waals surface area contributed by atoms with Gasteiger partial charge in [-0.1, -0.05) is 19.9 Å². The third kappa shape index (κ3) is 4.13. The zero-order chi connectivity index (χ0) is 15.3. The predicted molar refractivity (Wildman–Crippen MR) is 74.0 cm³/mol. The Morgan fingerprint density at radius 2 is 1.85 bits per heavy atom. The molecule has 0 bridgehead atoms. The maximum atomic E-state index is 13.1. The molecule has 1 aromatic carbocycles. The van der Waals surface area contributed by atoms with Gasteiger partial charge >= 0.3 is 6.18 Å². The Balaban J connectivity index is 3.14. The number of methoxy groups -OCH3 is 1. The van der Waals surface area contributed by atoms with E-state index in [-0.39, 0.29) is 5.75 Å². The van der Waals surface area contributed by atoms with Gasteiger partial charge in [0.25, 0.3) is 0 Å². The maximum Gasteiger partial charge on any atom is 0.419 e. The Labute approximate surface area is 118 Å². The van der Waals surface area contributed by atoms with Crippen LogP contribution in [0.3, 0.4) is 0 Å². The van der Waals surface area contributed by atoms with Crippen LogP contribution in [-0.2, 0) is 12.7 Å². The highest BCUT2D eigenvalue weighted by atomic mass is 19.4. The first kappa shape index (κ1) is 16.8. The maximum absolute atomic E-state index is 13.1. The standard InChI is InChI=1S/C15H22F3NO/c1-5-7-19(6-2)10-12-8-11(3)14(20-4)13(9-12)15(16,17)18/h8-9H,5-7,10H2,1-4H3. The summed E-state index contributed by atoms with van der Waals surface area (Å²) in [6.07, 6.45) is -3.41. The lowest BCUT2D eigenvalue weighted by Gasteiger charge is -2.22. The molecule has 0 aliphatic rings. The number of halogens is 3. The number of hydrogen-bond donors (Lipinski definition) is 0. The Bertz CT molecular complexity index is 443. The Morgan fingerprint density at radius 1 is 1.20 bits per heavy atom. The van der Waals surface area contributed by atoms with Crippen molar-refractivity contribution in [1.29, 1.82) is 0 Å². The monoisotopic (exact) mass is 289 g/mol. The lowest BCUT2D eigenvalue weighted by atomic mass is 10.0. The molecular weight excluding hydrogens is 267 g/mol. The summed E-state index contributed by atoms with van der Waals surface area (Å²) in [5.74, 6) is -0.0835. The number of aryl methyl sites for hydroxylation is 1. The minimum Gasteiger partial charge on any atom is -0.496 e. The van der Waals surface area contributed by atoms with Gasteiger partial charge in [-0.2, -0.15) is 13.2 Å². The molecule has 0 unspecified atom stereocenters. The van der Waals surface area contributed by atoms with Gasteiger partial charge < -0.3 is 4.74 Å². The van der Waals surface area contributed by atoms with E-state index in [9.17, 15) is 13.2 Å². The summed E-state index contributed by atoms with van der Waals surface area (Å²) < 4.78 is 44.1. The largest absolute Gasteiger partial charge is 0.496 e. The number of benzene rings is 1. The van der Waals surface area contributed by atoms with Crippen molar-refractivity contribution >= 4 is 0 Å². The molecule has 2 nitrogen and oxygen atoms in total. The van der Waals surface area contributed by atoms with E-state index in [0.29, 0.717) is 17.7 Å². The average Bonchev–Trinajstić information content (AvgIpc) is 2.36. The quantitative estimate of drug-likeness (QED) is 0.776. The molecule has 0 atom stereocenters. The van der Waals surface area contributed by atoms with Gasteiger partial charge in [0.05, 0.1) is 12.7 Å². The zero-order valence-corrected chi connectivity index (χ0v) is 12.5. The molecule has 20 heavy (non-hydrogen) atoms. The molecule has 0 aromatic heterocycles. The van der Waals surface area contributed by atoms with Crippen LogP contribution in [0.4, 0.5) is 13.2 Å². The molecule has 0 radical (unpaired) electrons. The van der Waals surface area contributed by atoms with E-state index in [1.54, 1.807) is 13.0 Å². The van der Waals surface area contributed by atoms with Crippen LogP contribution in [0.15, 0.2) is 12.1 Å². The van der Waals surface area contributed by atoms with E-state index in [1.165, 1.54) is 13.2 Å². The van der Waals surface area contributed by atoms with Gasteiger partial charge in [0, 0.05) is 6.54 Å². The van der Waals surface area contributed by atoms with Crippen molar-refractivity contribution in [2.45, 2.75) is 39.9 Å². The molecule has 5 heteroatoms. The van der Waals surface area contributed by atoms with Crippen LogP contribution in [0.5, 0.6) is 5.75 Å². The van der Waals surface area contributed by atoms with Crippen LogP contribution in [0.2, 0.25) is 0 Å². The van der Waals surface area contributed by atoms with Crippen molar-refractivity contribution in [3.63, 3.8) is 0 Å². The third-order valence-electron chi connectivity index (χ3n) is 3.24. The van der Waals surface area contributed by atoms with Gasteiger partial charge in [0.1, 0.15) is 5.75 Å². The first-order valence-electron chi connectivity index (χ1n) is 6.80. The Hall–Kier alpha value is -1.23. The molecule has 0 spiro atoms. The topological polar surface area (TPSA) is 12.5 Å². The van der Waals surface area contributed by atoms with Crippen LogP contribution in [-0.4, -0.2) is 25.1 Å². The molecule has 0 saturated heterocycles. The van der Waals surface area contributed by atoms with Gasteiger partial charge in [-0.05, 0) is 43.6 Å². The molecule has 1 rings (SSSR count). The van der Waals surface area contributed by atoms with Crippen molar-refractivity contribution in [3.05, 3.63) is 28.8 Å². The summed E-state index contributed by atoms with van der Waals surface area (Å²) in [6.45, 7) is 7.94. The molecule has 1 aromatic rings. The summed E-state index contributed by atoms with van der Waals surface area (Å²) in [7, 11) is 1.27. The minimum absolute atomic E-state index is 0.0835. The van der Waals surface area contributed by atoms with E-state index in [2.05, 4.69) is 11.8 Å². The molecule has 0 aliphatic carbocycles. The SMILES string of the molecule is CCCN(CC)Cc1cc(C)c(OC)c(C(F)(F)F)c1. The molecule has 0 aliphatic heterocycles. The van der Waals surface area contributed by atoms with Gasteiger partial charge in [0.15, 0.2) is 0 Å². The highest BCUT2D eigenvalue weighted by Gasteiger charge is 2.35. The highest BCUT2D eigenvalue weighted by molar-refractivity contribution is 5.45. The van der Waals surface area contributed by atoms with E-state index < -0.39 is 11.7 Å². The van der Waals surface area contributed by atoms with Crippen LogP contribution < -0.4 is 4.74 Å². The fourth-order valence-corrected chi connectivity index (χ4v) is 2.34. The molecule has 0 N–H and O–H groups in total. The fraction of sp³-hybridized carbons (Fsp3) is 0.600. The summed E-state index contributed by atoms with van der Waals surface area (Å²) in [5, 5.41) is 0. The van der Waals surface area contributed by atoms with Crippen molar-refractivity contribution in [3.8, 4) is 5.75 Å². The smallest absolute Gasteiger partial charge is 0.419 e.